The summed E-state index contributed by atoms with van der Waals surface area (Å²) in [7, 11) is 0. The van der Waals surface area contributed by atoms with Crippen LogP contribution in [0.5, 0.6) is 0 Å². The minimum atomic E-state index is 0. The standard InChI is InChI=1S/2C6H11.O.Sn/c2*1-2-4-6-5-3-1;;/h2*1H,2-6H2;;/q;;-2;+2. The van der Waals surface area contributed by atoms with E-state index in [4.69, 9.17) is 0 Å². The molecule has 0 aromatic heterocycles. The minimum absolute atomic E-state index is 0. The second-order valence-electron chi connectivity index (χ2n) is 4.84. The maximum absolute atomic E-state index is 1.63. The van der Waals surface area contributed by atoms with E-state index < -0.39 is 0 Å². The second-order valence-corrected chi connectivity index (χ2v) is 10.4. The first-order valence-electron chi connectivity index (χ1n) is 6.21. The topological polar surface area (TPSA) is 28.5 Å². The van der Waals surface area contributed by atoms with Crippen LogP contribution >= 0.6 is 0 Å². The fourth-order valence-corrected chi connectivity index (χ4v) is 9.01. The van der Waals surface area contributed by atoms with Gasteiger partial charge in [0.2, 0.25) is 0 Å². The third-order valence-electron chi connectivity index (χ3n) is 3.68. The molecule has 1 nitrogen and oxygen atoms in total. The zero-order chi connectivity index (χ0) is 8.93. The van der Waals surface area contributed by atoms with Gasteiger partial charge in [0.25, 0.3) is 0 Å². The van der Waals surface area contributed by atoms with Gasteiger partial charge < -0.3 is 5.48 Å². The molecular weight excluding hydrogens is 279 g/mol. The van der Waals surface area contributed by atoms with Gasteiger partial charge in [-0.25, -0.2) is 0 Å². The Morgan fingerprint density at radius 3 is 1.29 bits per heavy atom. The molecule has 0 aliphatic heterocycles. The van der Waals surface area contributed by atoms with Crippen molar-refractivity contribution < 1.29 is 5.48 Å². The van der Waals surface area contributed by atoms with E-state index in [-0.39, 0.29) is 26.6 Å². The van der Waals surface area contributed by atoms with E-state index in [1.807, 2.05) is 0 Å². The van der Waals surface area contributed by atoms with Crippen LogP contribution in [0.3, 0.4) is 0 Å². The minimum Gasteiger partial charge on any atom is -2.00 e. The Morgan fingerprint density at radius 2 is 0.929 bits per heavy atom. The van der Waals surface area contributed by atoms with Gasteiger partial charge in [-0.1, -0.05) is 0 Å². The molecule has 0 aromatic carbocycles. The Kier molecular flexibility index (Phi) is 6.51. The molecule has 2 saturated carbocycles. The molecule has 0 N–H and O–H groups in total. The predicted molar refractivity (Wildman–Crippen MR) is 60.1 cm³/mol. The molecule has 0 bridgehead atoms. The summed E-state index contributed by atoms with van der Waals surface area (Å²) in [4.78, 5) is 0. The monoisotopic (exact) mass is 302 g/mol. The van der Waals surface area contributed by atoms with Gasteiger partial charge in [0.1, 0.15) is 0 Å². The Labute approximate surface area is 98.6 Å². The zero-order valence-electron chi connectivity index (χ0n) is 9.13. The van der Waals surface area contributed by atoms with Crippen LogP contribution in [-0.2, 0) is 5.48 Å². The molecule has 2 fully saturated rings. The van der Waals surface area contributed by atoms with Gasteiger partial charge in [-0.2, -0.15) is 0 Å². The third-order valence-corrected chi connectivity index (χ3v) is 9.67. The largest absolute Gasteiger partial charge is 2.00 e. The molecular formula is C12H22OSn. The van der Waals surface area contributed by atoms with Gasteiger partial charge in [0, 0.05) is 0 Å². The van der Waals surface area contributed by atoms with E-state index in [9.17, 15) is 0 Å². The quantitative estimate of drug-likeness (QED) is 0.688. The van der Waals surface area contributed by atoms with Gasteiger partial charge in [-0.3, -0.25) is 0 Å². The first-order valence-corrected chi connectivity index (χ1v) is 9.51. The smallest absolute Gasteiger partial charge is 2.00 e. The van der Waals surface area contributed by atoms with Crippen molar-refractivity contribution in [2.24, 2.45) is 0 Å². The average Bonchev–Trinajstić information content (AvgIpc) is 2.21. The average molecular weight is 301 g/mol. The molecule has 0 amide bonds. The van der Waals surface area contributed by atoms with Crippen LogP contribution in [0.2, 0.25) is 7.87 Å². The molecule has 0 radical (unpaired) electrons. The van der Waals surface area contributed by atoms with Crippen molar-refractivity contribution in [1.82, 2.24) is 0 Å². The fourth-order valence-electron chi connectivity index (χ4n) is 2.87. The number of hydrogen-bond acceptors (Lipinski definition) is 0. The van der Waals surface area contributed by atoms with E-state index in [1.54, 1.807) is 64.2 Å². The first-order chi connectivity index (χ1) is 6.45. The van der Waals surface area contributed by atoms with Crippen molar-refractivity contribution in [2.75, 3.05) is 0 Å². The van der Waals surface area contributed by atoms with Gasteiger partial charge in [-0.15, -0.1) is 0 Å². The maximum Gasteiger partial charge on any atom is -2.00 e. The molecule has 0 unspecified atom stereocenters. The third kappa shape index (κ3) is 4.09. The normalized spacial score (nSPS) is 25.1. The van der Waals surface area contributed by atoms with Crippen LogP contribution in [0.15, 0.2) is 0 Å². The SMILES string of the molecule is C1CC[CH]([Sn+2][CH]2CCCCC2)CC1.[O-2]. The zero-order valence-corrected chi connectivity index (χ0v) is 12.0. The van der Waals surface area contributed by atoms with Crippen molar-refractivity contribution in [3.63, 3.8) is 0 Å². The van der Waals surface area contributed by atoms with Gasteiger partial charge in [0.05, 0.1) is 0 Å². The van der Waals surface area contributed by atoms with E-state index in [0.29, 0.717) is 0 Å². The van der Waals surface area contributed by atoms with E-state index in [1.165, 1.54) is 7.87 Å². The first kappa shape index (κ1) is 12.8. The fraction of sp³-hybridized carbons (Fsp3) is 1.00. The van der Waals surface area contributed by atoms with Crippen LogP contribution in [-0.4, -0.2) is 21.1 Å². The van der Waals surface area contributed by atoms with Crippen LogP contribution in [0.4, 0.5) is 0 Å². The van der Waals surface area contributed by atoms with Crippen LogP contribution in [0.1, 0.15) is 64.2 Å². The summed E-state index contributed by atoms with van der Waals surface area (Å²) in [5.74, 6) is 0. The maximum atomic E-state index is 1.63. The summed E-state index contributed by atoms with van der Waals surface area (Å²) < 4.78 is 2.58. The molecule has 0 saturated heterocycles. The predicted octanol–water partition coefficient (Wildman–Crippen LogP) is 4.08. The molecule has 0 atom stereocenters. The molecule has 2 rings (SSSR count). The van der Waals surface area contributed by atoms with E-state index in [2.05, 4.69) is 0 Å². The second kappa shape index (κ2) is 7.10. The molecule has 0 aromatic rings. The van der Waals surface area contributed by atoms with Crippen molar-refractivity contribution in [3.05, 3.63) is 0 Å². The summed E-state index contributed by atoms with van der Waals surface area (Å²) in [5.41, 5.74) is 0. The molecule has 0 spiro atoms. The molecule has 2 aliphatic carbocycles. The summed E-state index contributed by atoms with van der Waals surface area (Å²) in [6.07, 6.45) is 15.9. The van der Waals surface area contributed by atoms with Crippen molar-refractivity contribution in [1.29, 1.82) is 0 Å². The molecule has 0 heterocycles. The van der Waals surface area contributed by atoms with Gasteiger partial charge >= 0.3 is 93.2 Å². The summed E-state index contributed by atoms with van der Waals surface area (Å²) in [6, 6.07) is 0. The van der Waals surface area contributed by atoms with E-state index >= 15 is 0 Å². The van der Waals surface area contributed by atoms with Crippen molar-refractivity contribution >= 4 is 21.1 Å². The molecule has 2 heteroatoms. The summed E-state index contributed by atoms with van der Waals surface area (Å²) in [6.45, 7) is 0. The van der Waals surface area contributed by atoms with Crippen molar-refractivity contribution in [3.8, 4) is 0 Å². The van der Waals surface area contributed by atoms with E-state index in [0.717, 1.165) is 0 Å². The molecule has 80 valence electrons. The summed E-state index contributed by atoms with van der Waals surface area (Å²) in [5, 5.41) is 0. The Bertz CT molecular complexity index is 121. The summed E-state index contributed by atoms with van der Waals surface area (Å²) >= 11 is 0.0367. The Morgan fingerprint density at radius 1 is 0.571 bits per heavy atom. The van der Waals surface area contributed by atoms with Crippen molar-refractivity contribution in [2.45, 2.75) is 72.1 Å². The van der Waals surface area contributed by atoms with Crippen LogP contribution in [0, 0.1) is 0 Å². The Balaban J connectivity index is 0.000000980. The van der Waals surface area contributed by atoms with Crippen LogP contribution in [0.25, 0.3) is 0 Å². The number of rotatable bonds is 2. The Hall–Kier alpha value is 0.759. The molecule has 2 aliphatic rings. The molecule has 14 heavy (non-hydrogen) atoms. The van der Waals surface area contributed by atoms with Crippen LogP contribution < -0.4 is 0 Å². The van der Waals surface area contributed by atoms with Gasteiger partial charge in [-0.05, 0) is 0 Å². The number of hydrogen-bond donors (Lipinski definition) is 0. The van der Waals surface area contributed by atoms with Gasteiger partial charge in [0.15, 0.2) is 0 Å².